The first kappa shape index (κ1) is 18.4. The molecule has 7 heteroatoms. The molecule has 0 radical (unpaired) electrons. The number of carbonyl (C=O) groups is 1. The lowest BCUT2D eigenvalue weighted by Gasteiger charge is -2.38. The van der Waals surface area contributed by atoms with E-state index in [1.165, 1.54) is 6.33 Å². The zero-order valence-electron chi connectivity index (χ0n) is 16.8. The van der Waals surface area contributed by atoms with Gasteiger partial charge in [0.1, 0.15) is 12.1 Å². The lowest BCUT2D eigenvalue weighted by molar-refractivity contribution is -0.123. The summed E-state index contributed by atoms with van der Waals surface area (Å²) in [6.07, 6.45) is 4.12. The van der Waals surface area contributed by atoms with Crippen LogP contribution in [0.5, 0.6) is 11.5 Å². The van der Waals surface area contributed by atoms with E-state index in [1.54, 1.807) is 18.9 Å². The Balaban J connectivity index is 1.61. The Morgan fingerprint density at radius 1 is 1.03 bits per heavy atom. The Hall–Kier alpha value is -3.61. The summed E-state index contributed by atoms with van der Waals surface area (Å²) in [7, 11) is 3.21. The molecule has 0 amide bonds. The molecule has 1 aromatic heterocycles. The topological polar surface area (TPSA) is 78.3 Å². The summed E-state index contributed by atoms with van der Waals surface area (Å²) >= 11 is 0. The van der Waals surface area contributed by atoms with E-state index in [9.17, 15) is 4.79 Å². The van der Waals surface area contributed by atoms with Gasteiger partial charge in [-0.05, 0) is 23.3 Å². The van der Waals surface area contributed by atoms with Crippen molar-refractivity contribution in [2.45, 2.75) is 18.4 Å². The first-order chi connectivity index (χ1) is 14.7. The summed E-state index contributed by atoms with van der Waals surface area (Å²) in [5.74, 6) is 1.74. The Kier molecular flexibility index (Phi) is 4.50. The van der Waals surface area contributed by atoms with E-state index in [1.807, 2.05) is 36.4 Å². The van der Waals surface area contributed by atoms with Crippen molar-refractivity contribution in [3.8, 4) is 11.5 Å². The Labute approximate surface area is 174 Å². The first-order valence-corrected chi connectivity index (χ1v) is 9.87. The number of allylic oxidation sites excluding steroid dienone is 2. The molecule has 0 saturated heterocycles. The molecular formula is C23H22N4O3. The van der Waals surface area contributed by atoms with Crippen LogP contribution in [0.4, 0.5) is 5.95 Å². The Morgan fingerprint density at radius 3 is 2.60 bits per heavy atom. The molecule has 2 aliphatic rings. The van der Waals surface area contributed by atoms with E-state index in [0.29, 0.717) is 23.9 Å². The molecule has 0 saturated carbocycles. The summed E-state index contributed by atoms with van der Waals surface area (Å²) in [6.45, 7) is 0. The summed E-state index contributed by atoms with van der Waals surface area (Å²) in [5.41, 5.74) is 2.93. The number of hydrogen-bond acceptors (Lipinski definition) is 6. The molecule has 0 unspecified atom stereocenters. The summed E-state index contributed by atoms with van der Waals surface area (Å²) in [6, 6.07) is 15.5. The minimum absolute atomic E-state index is 0.0398. The van der Waals surface area contributed by atoms with Crippen molar-refractivity contribution in [2.75, 3.05) is 19.5 Å². The summed E-state index contributed by atoms with van der Waals surface area (Å²) in [5, 5.41) is 7.74. The molecule has 1 N–H and O–H groups in total. The van der Waals surface area contributed by atoms with Crippen LogP contribution in [-0.2, 0) is 4.79 Å². The largest absolute Gasteiger partial charge is 0.493 e. The number of fused-ring (bicyclic) bond motifs is 2. The number of nitrogens with zero attached hydrogens (tertiary/aromatic N) is 3. The van der Waals surface area contributed by atoms with Crippen molar-refractivity contribution in [1.29, 1.82) is 0 Å². The molecule has 30 heavy (non-hydrogen) atoms. The predicted molar refractivity (Wildman–Crippen MR) is 112 cm³/mol. The fourth-order valence-corrected chi connectivity index (χ4v) is 4.46. The number of ketones is 1. The van der Waals surface area contributed by atoms with E-state index in [2.05, 4.69) is 33.6 Å². The highest BCUT2D eigenvalue weighted by molar-refractivity contribution is 5.88. The third-order valence-electron chi connectivity index (χ3n) is 5.87. The van der Waals surface area contributed by atoms with Gasteiger partial charge < -0.3 is 14.8 Å². The van der Waals surface area contributed by atoms with Crippen LogP contribution in [0.1, 0.15) is 29.5 Å². The Morgan fingerprint density at radius 2 is 1.83 bits per heavy atom. The lowest BCUT2D eigenvalue weighted by Crippen LogP contribution is -2.40. The van der Waals surface area contributed by atoms with Crippen LogP contribution in [0.2, 0.25) is 0 Å². The van der Waals surface area contributed by atoms with E-state index < -0.39 is 0 Å². The van der Waals surface area contributed by atoms with Crippen molar-refractivity contribution >= 4 is 11.7 Å². The molecule has 1 aliphatic carbocycles. The number of aromatic nitrogens is 3. The molecule has 3 atom stereocenters. The number of carbonyl (C=O) groups excluding carboxylic acids is 1. The first-order valence-electron chi connectivity index (χ1n) is 9.87. The minimum atomic E-state index is -0.364. The van der Waals surface area contributed by atoms with E-state index in [0.717, 1.165) is 16.8 Å². The number of anilines is 1. The van der Waals surface area contributed by atoms with Crippen LogP contribution in [0.15, 0.2) is 66.6 Å². The van der Waals surface area contributed by atoms with Crippen molar-refractivity contribution in [1.82, 2.24) is 14.8 Å². The van der Waals surface area contributed by atoms with Gasteiger partial charge in [0.05, 0.1) is 26.2 Å². The highest BCUT2D eigenvalue weighted by Gasteiger charge is 2.43. The molecule has 0 fully saturated rings. The zero-order valence-corrected chi connectivity index (χ0v) is 16.8. The van der Waals surface area contributed by atoms with Gasteiger partial charge in [-0.3, -0.25) is 4.79 Å². The number of rotatable bonds is 4. The second kappa shape index (κ2) is 7.33. The maximum absolute atomic E-state index is 13.4. The number of benzene rings is 2. The number of methoxy groups -OCH3 is 2. The van der Waals surface area contributed by atoms with Crippen molar-refractivity contribution in [2.24, 2.45) is 5.92 Å². The highest BCUT2D eigenvalue weighted by Crippen LogP contribution is 2.45. The van der Waals surface area contributed by atoms with E-state index >= 15 is 0 Å². The highest BCUT2D eigenvalue weighted by atomic mass is 16.5. The number of ether oxygens (including phenoxy) is 2. The summed E-state index contributed by atoms with van der Waals surface area (Å²) in [4.78, 5) is 17.8. The maximum atomic E-state index is 13.4. The average Bonchev–Trinajstić information content (AvgIpc) is 3.25. The zero-order chi connectivity index (χ0) is 20.7. The third-order valence-corrected chi connectivity index (χ3v) is 5.87. The molecule has 2 aromatic carbocycles. The molecule has 0 bridgehead atoms. The monoisotopic (exact) mass is 402 g/mol. The van der Waals surface area contributed by atoms with Crippen molar-refractivity contribution in [3.63, 3.8) is 0 Å². The molecule has 152 valence electrons. The molecule has 2 heterocycles. The van der Waals surface area contributed by atoms with Gasteiger partial charge in [-0.2, -0.15) is 10.1 Å². The fourth-order valence-electron chi connectivity index (χ4n) is 4.46. The fraction of sp³-hybridized carbons (Fsp3) is 0.261. The Bertz CT molecular complexity index is 1120. The molecule has 0 spiro atoms. The van der Waals surface area contributed by atoms with Crippen LogP contribution < -0.4 is 14.8 Å². The van der Waals surface area contributed by atoms with Crippen LogP contribution in [-0.4, -0.2) is 34.8 Å². The number of Topliss-reactive ketones (excluding diaryl/α,β-unsaturated/α-hetero) is 1. The van der Waals surface area contributed by atoms with Gasteiger partial charge in [0.15, 0.2) is 11.5 Å². The van der Waals surface area contributed by atoms with Crippen LogP contribution in [0.3, 0.4) is 0 Å². The van der Waals surface area contributed by atoms with Gasteiger partial charge in [0, 0.05) is 18.0 Å². The van der Waals surface area contributed by atoms with E-state index in [-0.39, 0.29) is 23.7 Å². The normalized spacial score (nSPS) is 22.4. The molecule has 7 nitrogen and oxygen atoms in total. The molecule has 5 rings (SSSR count). The number of nitrogens with one attached hydrogen (secondary N) is 1. The molecule has 3 aromatic rings. The van der Waals surface area contributed by atoms with Gasteiger partial charge in [0.25, 0.3) is 0 Å². The summed E-state index contributed by atoms with van der Waals surface area (Å²) < 4.78 is 12.6. The minimum Gasteiger partial charge on any atom is -0.493 e. The maximum Gasteiger partial charge on any atom is 0.226 e. The van der Waals surface area contributed by atoms with Crippen molar-refractivity contribution < 1.29 is 14.3 Å². The second-order valence-electron chi connectivity index (χ2n) is 7.50. The lowest BCUT2D eigenvalue weighted by atomic mass is 9.75. The molecule has 1 aliphatic heterocycles. The quantitative estimate of drug-likeness (QED) is 0.719. The third kappa shape index (κ3) is 2.94. The van der Waals surface area contributed by atoms with Crippen molar-refractivity contribution in [3.05, 3.63) is 77.8 Å². The molecular weight excluding hydrogens is 380 g/mol. The van der Waals surface area contributed by atoms with Crippen LogP contribution in [0, 0.1) is 5.92 Å². The van der Waals surface area contributed by atoms with Gasteiger partial charge in [-0.1, -0.05) is 42.5 Å². The van der Waals surface area contributed by atoms with Crippen LogP contribution >= 0.6 is 0 Å². The average molecular weight is 402 g/mol. The number of hydrogen-bond donors (Lipinski definition) is 1. The van der Waals surface area contributed by atoms with Gasteiger partial charge in [-0.15, -0.1) is 0 Å². The van der Waals surface area contributed by atoms with Gasteiger partial charge in [0.2, 0.25) is 5.95 Å². The SMILES string of the molecule is COc1ccc([C@H]2[C@@H]3C(=O)C[C@H](c4ccccc4)C=C3Nc3ncnn32)cc1OC. The van der Waals surface area contributed by atoms with Gasteiger partial charge >= 0.3 is 0 Å². The van der Waals surface area contributed by atoms with Gasteiger partial charge in [-0.25, -0.2) is 4.68 Å². The van der Waals surface area contributed by atoms with Crippen LogP contribution in [0.25, 0.3) is 0 Å². The van der Waals surface area contributed by atoms with E-state index in [4.69, 9.17) is 9.47 Å². The second-order valence-corrected chi connectivity index (χ2v) is 7.50. The predicted octanol–water partition coefficient (Wildman–Crippen LogP) is 3.57. The smallest absolute Gasteiger partial charge is 0.226 e. The standard InChI is InChI=1S/C23H22N4O3/c1-29-19-9-8-15(12-20(19)30-2)22-21-17(26-23-24-13-25-27(22)23)10-16(11-18(21)28)14-6-4-3-5-7-14/h3-10,12-13,16,21-22H,11H2,1-2H3,(H,24,25,26)/t16-,21+,22+/m1/s1.